The van der Waals surface area contributed by atoms with Gasteiger partial charge in [0.2, 0.25) is 0 Å². The molecule has 0 saturated carbocycles. The van der Waals surface area contributed by atoms with E-state index in [1.54, 1.807) is 0 Å². The summed E-state index contributed by atoms with van der Waals surface area (Å²) in [6.07, 6.45) is 1.40. The lowest BCUT2D eigenvalue weighted by Crippen LogP contribution is -2.63. The lowest BCUT2D eigenvalue weighted by atomic mass is 9.80. The van der Waals surface area contributed by atoms with Gasteiger partial charge < -0.3 is 20.7 Å². The Balaban J connectivity index is 1.85. The lowest BCUT2D eigenvalue weighted by molar-refractivity contribution is 0.140. The van der Waals surface area contributed by atoms with Crippen LogP contribution in [-0.2, 0) is 0 Å². The van der Waals surface area contributed by atoms with Crippen LogP contribution < -0.4 is 20.7 Å². The first-order valence-corrected chi connectivity index (χ1v) is 9.59. The van der Waals surface area contributed by atoms with Crippen molar-refractivity contribution in [2.24, 2.45) is 0 Å². The summed E-state index contributed by atoms with van der Waals surface area (Å²) >= 11 is 0. The maximum Gasteiger partial charge on any atom is 0.317 e. The van der Waals surface area contributed by atoms with E-state index in [4.69, 9.17) is 4.74 Å². The van der Waals surface area contributed by atoms with E-state index in [0.29, 0.717) is 5.92 Å². The predicted molar refractivity (Wildman–Crippen MR) is 107 cm³/mol. The van der Waals surface area contributed by atoms with Crippen molar-refractivity contribution < 1.29 is 9.53 Å². The molecule has 2 rings (SSSR count). The number of hydrogen-bond donors (Lipinski definition) is 3. The van der Waals surface area contributed by atoms with Gasteiger partial charge in [-0.2, -0.15) is 0 Å². The third kappa shape index (κ3) is 6.20. The van der Waals surface area contributed by atoms with E-state index < -0.39 is 6.23 Å². The molecule has 0 bridgehead atoms. The molecule has 3 N–H and O–H groups in total. The molecule has 0 radical (unpaired) electrons. The zero-order valence-corrected chi connectivity index (χ0v) is 17.3. The smallest absolute Gasteiger partial charge is 0.317 e. The van der Waals surface area contributed by atoms with Crippen molar-refractivity contribution >= 4 is 6.03 Å². The number of rotatable bonds is 5. The van der Waals surface area contributed by atoms with Gasteiger partial charge in [0.25, 0.3) is 0 Å². The highest BCUT2D eigenvalue weighted by molar-refractivity contribution is 5.74. The van der Waals surface area contributed by atoms with Crippen LogP contribution in [-0.4, -0.2) is 29.4 Å². The first kappa shape index (κ1) is 20.6. The fourth-order valence-electron chi connectivity index (χ4n) is 4.00. The topological polar surface area (TPSA) is 62.4 Å². The molecular formula is C21H35N3O2. The molecule has 1 aliphatic rings. The lowest BCUT2D eigenvalue weighted by Gasteiger charge is -2.46. The number of carbonyl (C=O) groups excluding carboxylic acids is 1. The average molecular weight is 362 g/mol. The van der Waals surface area contributed by atoms with Crippen LogP contribution in [0.25, 0.3) is 0 Å². The van der Waals surface area contributed by atoms with Gasteiger partial charge in [-0.15, -0.1) is 0 Å². The molecule has 1 unspecified atom stereocenters. The Morgan fingerprint density at radius 2 is 1.62 bits per heavy atom. The number of hydrogen-bond acceptors (Lipinski definition) is 3. The van der Waals surface area contributed by atoms with E-state index in [0.717, 1.165) is 18.6 Å². The minimum atomic E-state index is -0.400. The number of ether oxygens (including phenoxy) is 1. The number of benzene rings is 1. The second-order valence-corrected chi connectivity index (χ2v) is 9.10. The summed E-state index contributed by atoms with van der Waals surface area (Å²) < 4.78 is 5.81. The van der Waals surface area contributed by atoms with E-state index in [-0.39, 0.29) is 23.2 Å². The molecule has 5 heteroatoms. The molecule has 1 aliphatic heterocycles. The standard InChI is InChI=1S/C21H35N3O2/c1-14(2)16-8-10-18(11-9-16)26-15(3)22-19(25)23-17-12-20(4,5)24-21(6,7)13-17/h8-11,14-15,17,24H,12-13H2,1-7H3,(H2,22,23,25). The van der Waals surface area contributed by atoms with Crippen LogP contribution in [0.3, 0.4) is 0 Å². The Labute approximate surface area is 158 Å². The summed E-state index contributed by atoms with van der Waals surface area (Å²) in [5, 5.41) is 9.60. The summed E-state index contributed by atoms with van der Waals surface area (Å²) in [7, 11) is 0. The van der Waals surface area contributed by atoms with Crippen molar-refractivity contribution in [1.29, 1.82) is 0 Å². The van der Waals surface area contributed by atoms with Crippen LogP contribution in [0, 0.1) is 0 Å². The molecular weight excluding hydrogens is 326 g/mol. The van der Waals surface area contributed by atoms with Crippen molar-refractivity contribution in [3.63, 3.8) is 0 Å². The van der Waals surface area contributed by atoms with E-state index in [2.05, 4.69) is 69.6 Å². The van der Waals surface area contributed by atoms with Gasteiger partial charge in [0, 0.05) is 17.1 Å². The minimum absolute atomic E-state index is 0.0000265. The highest BCUT2D eigenvalue weighted by Crippen LogP contribution is 2.28. The highest BCUT2D eigenvalue weighted by atomic mass is 16.5. The Morgan fingerprint density at radius 3 is 2.12 bits per heavy atom. The van der Waals surface area contributed by atoms with Crippen LogP contribution in [0.4, 0.5) is 4.79 Å². The molecule has 5 nitrogen and oxygen atoms in total. The van der Waals surface area contributed by atoms with Gasteiger partial charge in [-0.3, -0.25) is 0 Å². The first-order valence-electron chi connectivity index (χ1n) is 9.59. The van der Waals surface area contributed by atoms with Gasteiger partial charge in [-0.05, 0) is 71.1 Å². The minimum Gasteiger partial charge on any atom is -0.471 e. The van der Waals surface area contributed by atoms with Crippen molar-refractivity contribution in [2.45, 2.75) is 90.6 Å². The zero-order valence-electron chi connectivity index (χ0n) is 17.3. The zero-order chi connectivity index (χ0) is 19.5. The number of urea groups is 1. The van der Waals surface area contributed by atoms with Gasteiger partial charge in [-0.1, -0.05) is 26.0 Å². The summed E-state index contributed by atoms with van der Waals surface area (Å²) in [4.78, 5) is 12.4. The fourth-order valence-corrected chi connectivity index (χ4v) is 4.00. The average Bonchev–Trinajstić information content (AvgIpc) is 2.43. The summed E-state index contributed by atoms with van der Waals surface area (Å²) in [6.45, 7) is 14.9. The van der Waals surface area contributed by atoms with Crippen molar-refractivity contribution in [2.75, 3.05) is 0 Å². The van der Waals surface area contributed by atoms with Crippen LogP contribution in [0.1, 0.15) is 72.8 Å². The van der Waals surface area contributed by atoms with Gasteiger partial charge >= 0.3 is 6.03 Å². The Hall–Kier alpha value is -1.75. The number of nitrogens with one attached hydrogen (secondary N) is 3. The van der Waals surface area contributed by atoms with Gasteiger partial charge in [-0.25, -0.2) is 4.79 Å². The van der Waals surface area contributed by atoms with E-state index in [9.17, 15) is 4.79 Å². The summed E-state index contributed by atoms with van der Waals surface area (Å²) in [6, 6.07) is 7.97. The fraction of sp³-hybridized carbons (Fsp3) is 0.667. The third-order valence-corrected chi connectivity index (χ3v) is 4.72. The SMILES string of the molecule is CC(NC(=O)NC1CC(C)(C)NC(C)(C)C1)Oc1ccc(C(C)C)cc1. The number of piperidine rings is 1. The largest absolute Gasteiger partial charge is 0.471 e. The quantitative estimate of drug-likeness (QED) is 0.691. The number of carbonyl (C=O) groups is 1. The van der Waals surface area contributed by atoms with Crippen LogP contribution in [0.5, 0.6) is 5.75 Å². The maximum absolute atomic E-state index is 12.4. The molecule has 26 heavy (non-hydrogen) atoms. The summed E-state index contributed by atoms with van der Waals surface area (Å²) in [5.41, 5.74) is 1.27. The highest BCUT2D eigenvalue weighted by Gasteiger charge is 2.38. The van der Waals surface area contributed by atoms with Gasteiger partial charge in [0.15, 0.2) is 6.23 Å². The normalized spacial score (nSPS) is 20.5. The molecule has 1 aromatic carbocycles. The molecule has 146 valence electrons. The number of amides is 2. The molecule has 1 atom stereocenters. The van der Waals surface area contributed by atoms with Crippen LogP contribution in [0.15, 0.2) is 24.3 Å². The van der Waals surface area contributed by atoms with E-state index in [1.165, 1.54) is 5.56 Å². The Kier molecular flexibility index (Phi) is 6.22. The third-order valence-electron chi connectivity index (χ3n) is 4.72. The maximum atomic E-state index is 12.4. The van der Waals surface area contributed by atoms with Crippen molar-refractivity contribution in [3.8, 4) is 5.75 Å². The van der Waals surface area contributed by atoms with Crippen molar-refractivity contribution in [1.82, 2.24) is 16.0 Å². The van der Waals surface area contributed by atoms with Crippen LogP contribution in [0.2, 0.25) is 0 Å². The predicted octanol–water partition coefficient (Wildman–Crippen LogP) is 4.14. The molecule has 1 aromatic rings. The van der Waals surface area contributed by atoms with E-state index >= 15 is 0 Å². The molecule has 1 heterocycles. The second-order valence-electron chi connectivity index (χ2n) is 9.10. The van der Waals surface area contributed by atoms with Crippen LogP contribution >= 0.6 is 0 Å². The van der Waals surface area contributed by atoms with Gasteiger partial charge in [0.05, 0.1) is 0 Å². The Bertz CT molecular complexity index is 592. The van der Waals surface area contributed by atoms with Gasteiger partial charge in [0.1, 0.15) is 5.75 Å². The monoisotopic (exact) mass is 361 g/mol. The molecule has 0 aromatic heterocycles. The summed E-state index contributed by atoms with van der Waals surface area (Å²) in [5.74, 6) is 1.25. The molecule has 1 saturated heterocycles. The molecule has 1 fully saturated rings. The first-order chi connectivity index (χ1) is 12.0. The molecule has 0 aliphatic carbocycles. The van der Waals surface area contributed by atoms with Crippen molar-refractivity contribution in [3.05, 3.63) is 29.8 Å². The Morgan fingerprint density at radius 1 is 1.08 bits per heavy atom. The molecule has 0 spiro atoms. The van der Waals surface area contributed by atoms with E-state index in [1.807, 2.05) is 19.1 Å². The second kappa shape index (κ2) is 7.87. The molecule has 2 amide bonds.